The third-order valence-electron chi connectivity index (χ3n) is 3.83. The summed E-state index contributed by atoms with van der Waals surface area (Å²) in [6.45, 7) is 2.79. The molecule has 17 heavy (non-hydrogen) atoms. The SMILES string of the molecule is CC(C)C1CCCCC1(CO)NCC(F)(F)F. The van der Waals surface area contributed by atoms with Gasteiger partial charge in [-0.1, -0.05) is 26.7 Å². The summed E-state index contributed by atoms with van der Waals surface area (Å²) in [7, 11) is 0. The standard InChI is InChI=1S/C12H22F3NO/c1-9(2)10-5-3-4-6-11(10,8-17)16-7-12(13,14)15/h9-10,16-17H,3-8H2,1-2H3. The van der Waals surface area contributed by atoms with Crippen LogP contribution in [-0.2, 0) is 0 Å². The van der Waals surface area contributed by atoms with Crippen LogP contribution in [0.4, 0.5) is 13.2 Å². The molecule has 1 aliphatic carbocycles. The number of aliphatic hydroxyl groups excluding tert-OH is 1. The van der Waals surface area contributed by atoms with Crippen molar-refractivity contribution in [3.05, 3.63) is 0 Å². The normalized spacial score (nSPS) is 30.9. The van der Waals surface area contributed by atoms with Gasteiger partial charge in [0, 0.05) is 5.54 Å². The zero-order valence-electron chi connectivity index (χ0n) is 10.5. The van der Waals surface area contributed by atoms with Gasteiger partial charge in [-0.25, -0.2) is 0 Å². The fourth-order valence-electron chi connectivity index (χ4n) is 2.99. The molecule has 0 aliphatic heterocycles. The van der Waals surface area contributed by atoms with Crippen molar-refractivity contribution >= 4 is 0 Å². The first-order chi connectivity index (χ1) is 7.81. The Balaban J connectivity index is 2.75. The number of aliphatic hydroxyl groups is 1. The van der Waals surface area contributed by atoms with Gasteiger partial charge in [-0.15, -0.1) is 0 Å². The van der Waals surface area contributed by atoms with E-state index in [-0.39, 0.29) is 18.4 Å². The molecule has 0 aromatic carbocycles. The zero-order chi connectivity index (χ0) is 13.1. The summed E-state index contributed by atoms with van der Waals surface area (Å²) in [6.07, 6.45) is -0.778. The Morgan fingerprint density at radius 3 is 2.47 bits per heavy atom. The molecule has 1 fully saturated rings. The molecular weight excluding hydrogens is 231 g/mol. The fraction of sp³-hybridized carbons (Fsp3) is 1.00. The van der Waals surface area contributed by atoms with E-state index in [1.165, 1.54) is 0 Å². The van der Waals surface area contributed by atoms with Crippen molar-refractivity contribution in [2.45, 2.75) is 51.2 Å². The minimum absolute atomic E-state index is 0.114. The lowest BCUT2D eigenvalue weighted by Crippen LogP contribution is -2.59. The van der Waals surface area contributed by atoms with Crippen LogP contribution in [0.5, 0.6) is 0 Å². The van der Waals surface area contributed by atoms with Crippen LogP contribution in [0.15, 0.2) is 0 Å². The van der Waals surface area contributed by atoms with Crippen molar-refractivity contribution < 1.29 is 18.3 Å². The Hall–Kier alpha value is -0.290. The maximum absolute atomic E-state index is 12.3. The maximum atomic E-state index is 12.3. The molecule has 2 unspecified atom stereocenters. The van der Waals surface area contributed by atoms with Gasteiger partial charge in [-0.05, 0) is 24.7 Å². The number of hydrogen-bond acceptors (Lipinski definition) is 2. The molecule has 1 saturated carbocycles. The molecule has 0 saturated heterocycles. The second-order valence-electron chi connectivity index (χ2n) is 5.38. The average molecular weight is 253 g/mol. The maximum Gasteiger partial charge on any atom is 0.401 e. The Kier molecular flexibility index (Phi) is 4.84. The van der Waals surface area contributed by atoms with Gasteiger partial charge in [0.05, 0.1) is 13.2 Å². The Morgan fingerprint density at radius 2 is 2.00 bits per heavy atom. The number of rotatable bonds is 4. The van der Waals surface area contributed by atoms with Crippen LogP contribution in [0.3, 0.4) is 0 Å². The highest BCUT2D eigenvalue weighted by molar-refractivity contribution is 4.98. The summed E-state index contributed by atoms with van der Waals surface area (Å²) in [4.78, 5) is 0. The molecule has 0 heterocycles. The molecule has 0 aromatic rings. The van der Waals surface area contributed by atoms with Crippen molar-refractivity contribution in [1.29, 1.82) is 0 Å². The Bertz CT molecular complexity index is 242. The second-order valence-corrected chi connectivity index (χ2v) is 5.38. The number of hydrogen-bond donors (Lipinski definition) is 2. The summed E-state index contributed by atoms with van der Waals surface area (Å²) in [6, 6.07) is 0. The average Bonchev–Trinajstić information content (AvgIpc) is 2.25. The van der Waals surface area contributed by atoms with Crippen LogP contribution >= 0.6 is 0 Å². The van der Waals surface area contributed by atoms with E-state index in [0.717, 1.165) is 19.3 Å². The molecule has 1 rings (SSSR count). The van der Waals surface area contributed by atoms with Crippen LogP contribution in [0.25, 0.3) is 0 Å². The van der Waals surface area contributed by atoms with Crippen molar-refractivity contribution in [2.75, 3.05) is 13.2 Å². The highest BCUT2D eigenvalue weighted by Crippen LogP contribution is 2.38. The summed E-state index contributed by atoms with van der Waals surface area (Å²) in [5, 5.41) is 12.1. The minimum Gasteiger partial charge on any atom is -0.394 e. The van der Waals surface area contributed by atoms with Crippen molar-refractivity contribution in [1.82, 2.24) is 5.32 Å². The third-order valence-corrected chi connectivity index (χ3v) is 3.83. The zero-order valence-corrected chi connectivity index (χ0v) is 10.5. The van der Waals surface area contributed by atoms with Crippen LogP contribution < -0.4 is 5.32 Å². The quantitative estimate of drug-likeness (QED) is 0.807. The molecule has 1 aliphatic rings. The lowest BCUT2D eigenvalue weighted by atomic mass is 9.68. The number of alkyl halides is 3. The van der Waals surface area contributed by atoms with Crippen LogP contribution in [0.2, 0.25) is 0 Å². The molecule has 0 spiro atoms. The molecule has 102 valence electrons. The third kappa shape index (κ3) is 3.85. The van der Waals surface area contributed by atoms with E-state index in [1.807, 2.05) is 13.8 Å². The van der Waals surface area contributed by atoms with E-state index < -0.39 is 18.3 Å². The molecule has 2 atom stereocenters. The van der Waals surface area contributed by atoms with Crippen molar-refractivity contribution in [2.24, 2.45) is 11.8 Å². The molecular formula is C12H22F3NO. The van der Waals surface area contributed by atoms with E-state index in [4.69, 9.17) is 0 Å². The van der Waals surface area contributed by atoms with E-state index in [0.29, 0.717) is 6.42 Å². The van der Waals surface area contributed by atoms with Crippen LogP contribution in [0.1, 0.15) is 39.5 Å². The lowest BCUT2D eigenvalue weighted by Gasteiger charge is -2.46. The first-order valence-electron chi connectivity index (χ1n) is 6.23. The molecule has 0 amide bonds. The topological polar surface area (TPSA) is 32.3 Å². The van der Waals surface area contributed by atoms with Gasteiger partial charge in [0.15, 0.2) is 0 Å². The van der Waals surface area contributed by atoms with Crippen LogP contribution in [0, 0.1) is 11.8 Å². The predicted octanol–water partition coefficient (Wildman–Crippen LogP) is 2.72. The molecule has 5 heteroatoms. The molecule has 0 aromatic heterocycles. The number of nitrogens with one attached hydrogen (secondary N) is 1. The highest BCUT2D eigenvalue weighted by atomic mass is 19.4. The first-order valence-corrected chi connectivity index (χ1v) is 6.23. The molecule has 0 bridgehead atoms. The van der Waals surface area contributed by atoms with E-state index in [1.54, 1.807) is 0 Å². The van der Waals surface area contributed by atoms with Gasteiger partial charge < -0.3 is 10.4 Å². The molecule has 0 radical (unpaired) electrons. The van der Waals surface area contributed by atoms with Crippen molar-refractivity contribution in [3.8, 4) is 0 Å². The first kappa shape index (κ1) is 14.8. The predicted molar refractivity (Wildman–Crippen MR) is 60.7 cm³/mol. The van der Waals surface area contributed by atoms with Crippen LogP contribution in [-0.4, -0.2) is 30.0 Å². The van der Waals surface area contributed by atoms with Gasteiger partial charge in [-0.3, -0.25) is 0 Å². The molecule has 2 nitrogen and oxygen atoms in total. The van der Waals surface area contributed by atoms with Crippen molar-refractivity contribution in [3.63, 3.8) is 0 Å². The molecule has 2 N–H and O–H groups in total. The Morgan fingerprint density at radius 1 is 1.35 bits per heavy atom. The Labute approximate surface area is 101 Å². The summed E-state index contributed by atoms with van der Waals surface area (Å²) in [5.41, 5.74) is -0.748. The smallest absolute Gasteiger partial charge is 0.394 e. The largest absolute Gasteiger partial charge is 0.401 e. The second kappa shape index (κ2) is 5.57. The van der Waals surface area contributed by atoms with Gasteiger partial charge >= 0.3 is 6.18 Å². The van der Waals surface area contributed by atoms with Gasteiger partial charge in [0.2, 0.25) is 0 Å². The number of halogens is 3. The van der Waals surface area contributed by atoms with E-state index in [9.17, 15) is 18.3 Å². The fourth-order valence-corrected chi connectivity index (χ4v) is 2.99. The highest BCUT2D eigenvalue weighted by Gasteiger charge is 2.43. The van der Waals surface area contributed by atoms with Gasteiger partial charge in [-0.2, -0.15) is 13.2 Å². The summed E-state index contributed by atoms with van der Waals surface area (Å²) in [5.74, 6) is 0.395. The monoisotopic (exact) mass is 253 g/mol. The summed E-state index contributed by atoms with van der Waals surface area (Å²) >= 11 is 0. The van der Waals surface area contributed by atoms with E-state index in [2.05, 4.69) is 5.32 Å². The van der Waals surface area contributed by atoms with Gasteiger partial charge in [0.1, 0.15) is 0 Å². The lowest BCUT2D eigenvalue weighted by molar-refractivity contribution is -0.134. The minimum atomic E-state index is -4.22. The van der Waals surface area contributed by atoms with Gasteiger partial charge in [0.25, 0.3) is 0 Å². The summed E-state index contributed by atoms with van der Waals surface area (Å²) < 4.78 is 36.9. The van der Waals surface area contributed by atoms with E-state index >= 15 is 0 Å².